The number of imidazole rings is 1. The molecule has 29 heavy (non-hydrogen) atoms. The fraction of sp³-hybridized carbons (Fsp3) is 0.688. The first-order chi connectivity index (χ1) is 13.3. The van der Waals surface area contributed by atoms with E-state index in [1.165, 1.54) is 42.6 Å². The number of ether oxygens (including phenoxy) is 1. The number of nitrogens with zero attached hydrogens (tertiary/aromatic N) is 4. The fourth-order valence-corrected chi connectivity index (χ4v) is 3.93. The summed E-state index contributed by atoms with van der Waals surface area (Å²) in [6.07, 6.45) is -2.57. The van der Waals surface area contributed by atoms with Gasteiger partial charge in [-0.3, -0.25) is 14.5 Å². The Labute approximate surface area is 166 Å². The van der Waals surface area contributed by atoms with E-state index in [4.69, 9.17) is 14.7 Å². The van der Waals surface area contributed by atoms with Crippen molar-refractivity contribution in [2.24, 2.45) is 7.05 Å². The van der Waals surface area contributed by atoms with E-state index in [9.17, 15) is 24.8 Å². The SMILES string of the molecule is CC(CC1O[C@@H](n2cnc3c(=N)n(C)cnc32)[C@H](O)C1O)OP(=O)(O)C(C)(C)O. The van der Waals surface area contributed by atoms with Crippen molar-refractivity contribution in [3.8, 4) is 0 Å². The van der Waals surface area contributed by atoms with E-state index in [0.29, 0.717) is 11.2 Å². The number of aliphatic hydroxyl groups is 3. The molecule has 0 bridgehead atoms. The number of aromatic nitrogens is 4. The van der Waals surface area contributed by atoms with E-state index >= 15 is 0 Å². The second-order valence-corrected chi connectivity index (χ2v) is 10.1. The lowest BCUT2D eigenvalue weighted by Gasteiger charge is -2.28. The van der Waals surface area contributed by atoms with Gasteiger partial charge in [0.25, 0.3) is 0 Å². The normalized spacial score (nSPS) is 28.6. The van der Waals surface area contributed by atoms with Gasteiger partial charge in [0.2, 0.25) is 0 Å². The van der Waals surface area contributed by atoms with Gasteiger partial charge in [-0.05, 0) is 20.8 Å². The van der Waals surface area contributed by atoms with Crippen molar-refractivity contribution < 1.29 is 34.0 Å². The minimum absolute atomic E-state index is 0.00588. The quantitative estimate of drug-likeness (QED) is 0.380. The number of aryl methyl sites for hydroxylation is 1. The van der Waals surface area contributed by atoms with Crippen LogP contribution in [0.5, 0.6) is 0 Å². The Hall–Kier alpha value is -1.66. The van der Waals surface area contributed by atoms with E-state index in [2.05, 4.69) is 9.97 Å². The molecule has 3 rings (SSSR count). The van der Waals surface area contributed by atoms with Gasteiger partial charge in [-0.15, -0.1) is 0 Å². The van der Waals surface area contributed by atoms with Crippen LogP contribution < -0.4 is 5.49 Å². The molecule has 0 amide bonds. The third-order valence-electron chi connectivity index (χ3n) is 4.89. The molecular weight excluding hydrogens is 405 g/mol. The molecule has 162 valence electrons. The van der Waals surface area contributed by atoms with Crippen LogP contribution in [0, 0.1) is 5.41 Å². The molecule has 2 aromatic rings. The van der Waals surface area contributed by atoms with Crippen molar-refractivity contribution in [1.29, 1.82) is 5.41 Å². The van der Waals surface area contributed by atoms with Gasteiger partial charge in [0.1, 0.15) is 17.7 Å². The Morgan fingerprint density at radius 1 is 1.34 bits per heavy atom. The Morgan fingerprint density at radius 3 is 2.62 bits per heavy atom. The van der Waals surface area contributed by atoms with Gasteiger partial charge in [0.15, 0.2) is 22.7 Å². The largest absolute Gasteiger partial charge is 0.388 e. The van der Waals surface area contributed by atoms with Crippen molar-refractivity contribution in [2.45, 2.75) is 63.2 Å². The van der Waals surface area contributed by atoms with Gasteiger partial charge in [0.05, 0.1) is 24.9 Å². The first-order valence-electron chi connectivity index (χ1n) is 9.01. The second kappa shape index (κ2) is 7.55. The van der Waals surface area contributed by atoms with Crippen LogP contribution >= 0.6 is 7.60 Å². The molecule has 0 radical (unpaired) electrons. The van der Waals surface area contributed by atoms with E-state index in [0.717, 1.165) is 0 Å². The van der Waals surface area contributed by atoms with Gasteiger partial charge < -0.3 is 34.0 Å². The fourth-order valence-electron chi connectivity index (χ4n) is 3.10. The summed E-state index contributed by atoms with van der Waals surface area (Å²) in [7, 11) is -2.67. The lowest BCUT2D eigenvalue weighted by Crippen LogP contribution is -2.33. The smallest absolute Gasteiger partial charge is 0.359 e. The predicted molar refractivity (Wildman–Crippen MR) is 99.6 cm³/mol. The van der Waals surface area contributed by atoms with Crippen LogP contribution in [-0.2, 0) is 20.9 Å². The highest BCUT2D eigenvalue weighted by Crippen LogP contribution is 2.54. The molecule has 0 aromatic carbocycles. The molecule has 3 heterocycles. The minimum Gasteiger partial charge on any atom is -0.388 e. The monoisotopic (exact) mass is 431 g/mol. The minimum atomic E-state index is -4.32. The Kier molecular flexibility index (Phi) is 5.73. The third kappa shape index (κ3) is 4.02. The van der Waals surface area contributed by atoms with Crippen LogP contribution in [0.2, 0.25) is 0 Å². The van der Waals surface area contributed by atoms with Crippen LogP contribution in [0.15, 0.2) is 12.7 Å². The number of fused-ring (bicyclic) bond motifs is 1. The van der Waals surface area contributed by atoms with Crippen molar-refractivity contribution >= 4 is 18.8 Å². The summed E-state index contributed by atoms with van der Waals surface area (Å²) in [5, 5.41) is 36.7. The van der Waals surface area contributed by atoms with Crippen LogP contribution in [0.1, 0.15) is 33.4 Å². The topological polar surface area (TPSA) is 176 Å². The van der Waals surface area contributed by atoms with Gasteiger partial charge in [-0.2, -0.15) is 0 Å². The summed E-state index contributed by atoms with van der Waals surface area (Å²) in [5.74, 6) is 0. The molecule has 1 saturated heterocycles. The van der Waals surface area contributed by atoms with Gasteiger partial charge >= 0.3 is 7.60 Å². The Morgan fingerprint density at radius 2 is 2.00 bits per heavy atom. The van der Waals surface area contributed by atoms with Crippen LogP contribution in [-0.4, -0.2) is 69.1 Å². The van der Waals surface area contributed by atoms with E-state index < -0.39 is 43.6 Å². The van der Waals surface area contributed by atoms with Crippen molar-refractivity contribution in [3.05, 3.63) is 18.1 Å². The molecule has 0 spiro atoms. The van der Waals surface area contributed by atoms with Gasteiger partial charge in [-0.25, -0.2) is 9.97 Å². The van der Waals surface area contributed by atoms with Crippen molar-refractivity contribution in [2.75, 3.05) is 0 Å². The molecule has 1 fully saturated rings. The molecule has 6 atom stereocenters. The Bertz CT molecular complexity index is 1000. The molecule has 1 aliphatic rings. The molecule has 0 saturated carbocycles. The highest BCUT2D eigenvalue weighted by Gasteiger charge is 2.46. The first-order valence-corrected chi connectivity index (χ1v) is 10.6. The number of rotatable bonds is 6. The molecular formula is C16H26N5O7P. The van der Waals surface area contributed by atoms with E-state index in [-0.39, 0.29) is 11.9 Å². The molecule has 12 nitrogen and oxygen atoms in total. The van der Waals surface area contributed by atoms with E-state index in [1.807, 2.05) is 0 Å². The zero-order valence-electron chi connectivity index (χ0n) is 16.5. The molecule has 4 unspecified atom stereocenters. The average molecular weight is 431 g/mol. The van der Waals surface area contributed by atoms with E-state index in [1.54, 1.807) is 7.05 Å². The third-order valence-corrected chi connectivity index (χ3v) is 6.92. The summed E-state index contributed by atoms with van der Waals surface area (Å²) in [4.78, 5) is 18.2. The predicted octanol–water partition coefficient (Wildman–Crippen LogP) is -0.423. The maximum absolute atomic E-state index is 12.1. The summed E-state index contributed by atoms with van der Waals surface area (Å²) >= 11 is 0. The zero-order chi connectivity index (χ0) is 21.7. The molecule has 1 aliphatic heterocycles. The van der Waals surface area contributed by atoms with Crippen LogP contribution in [0.25, 0.3) is 11.2 Å². The molecule has 2 aromatic heterocycles. The lowest BCUT2D eigenvalue weighted by atomic mass is 10.1. The number of hydrogen-bond acceptors (Lipinski definition) is 9. The second-order valence-electron chi connectivity index (χ2n) is 7.74. The van der Waals surface area contributed by atoms with Gasteiger partial charge in [0, 0.05) is 13.5 Å². The van der Waals surface area contributed by atoms with Crippen LogP contribution in [0.3, 0.4) is 0 Å². The number of hydrogen-bond donors (Lipinski definition) is 5. The highest BCUT2D eigenvalue weighted by atomic mass is 31.2. The summed E-state index contributed by atoms with van der Waals surface area (Å²) < 4.78 is 25.9. The first kappa shape index (κ1) is 22.0. The molecule has 5 N–H and O–H groups in total. The maximum atomic E-state index is 12.1. The lowest BCUT2D eigenvalue weighted by molar-refractivity contribution is -0.0469. The summed E-state index contributed by atoms with van der Waals surface area (Å²) in [5.41, 5.74) is 0.758. The van der Waals surface area contributed by atoms with Crippen LogP contribution in [0.4, 0.5) is 0 Å². The average Bonchev–Trinajstić information content (AvgIpc) is 3.13. The standard InChI is InChI=1S/C16H26N5O7P/c1-8(28-29(25,26)16(2,3)24)5-9-11(22)12(23)15(27-9)21-7-18-10-13(17)20(4)6-19-14(10)21/h6-9,11-12,15,17,22-24H,5H2,1-4H3,(H,25,26)/t8?,9?,11?,12-,15-/m1/s1. The number of nitrogens with one attached hydrogen (secondary N) is 1. The van der Waals surface area contributed by atoms with Gasteiger partial charge in [-0.1, -0.05) is 0 Å². The Balaban J connectivity index is 1.78. The maximum Gasteiger partial charge on any atom is 0.359 e. The summed E-state index contributed by atoms with van der Waals surface area (Å²) in [6.45, 7) is 3.84. The van der Waals surface area contributed by atoms with Crippen molar-refractivity contribution in [1.82, 2.24) is 19.1 Å². The molecule has 0 aliphatic carbocycles. The summed E-state index contributed by atoms with van der Waals surface area (Å²) in [6, 6.07) is 0. The number of aliphatic hydroxyl groups excluding tert-OH is 2. The molecule has 13 heteroatoms. The van der Waals surface area contributed by atoms with Crippen molar-refractivity contribution in [3.63, 3.8) is 0 Å². The zero-order valence-corrected chi connectivity index (χ0v) is 17.4. The highest BCUT2D eigenvalue weighted by molar-refractivity contribution is 7.54.